The normalized spacial score (nSPS) is 20.1. The Morgan fingerprint density at radius 1 is 1.35 bits per heavy atom. The van der Waals surface area contributed by atoms with Crippen molar-refractivity contribution in [2.24, 2.45) is 5.73 Å². The summed E-state index contributed by atoms with van der Waals surface area (Å²) in [5.41, 5.74) is 9.15. The van der Waals surface area contributed by atoms with Crippen molar-refractivity contribution in [1.82, 2.24) is 5.32 Å². The van der Waals surface area contributed by atoms with Gasteiger partial charge in [-0.15, -0.1) is 0 Å². The smallest absolute Gasteiger partial charge is 0.227 e. The van der Waals surface area contributed by atoms with E-state index in [-0.39, 0.29) is 5.91 Å². The van der Waals surface area contributed by atoms with Crippen molar-refractivity contribution >= 4 is 11.6 Å². The van der Waals surface area contributed by atoms with E-state index in [1.54, 1.807) is 0 Å². The van der Waals surface area contributed by atoms with Gasteiger partial charge >= 0.3 is 0 Å². The first kappa shape index (κ1) is 10.7. The van der Waals surface area contributed by atoms with Crippen molar-refractivity contribution in [1.29, 1.82) is 0 Å². The maximum atomic E-state index is 12.0. The third-order valence-corrected chi connectivity index (χ3v) is 3.64. The summed E-state index contributed by atoms with van der Waals surface area (Å²) in [6, 6.07) is 6.55. The zero-order valence-electron chi connectivity index (χ0n) is 9.78. The van der Waals surface area contributed by atoms with Crippen molar-refractivity contribution < 1.29 is 4.79 Å². The Bertz CT molecular complexity index is 454. The molecule has 2 aliphatic heterocycles. The van der Waals surface area contributed by atoms with Gasteiger partial charge in [0, 0.05) is 31.7 Å². The van der Waals surface area contributed by atoms with Gasteiger partial charge in [-0.05, 0) is 23.6 Å². The van der Waals surface area contributed by atoms with Gasteiger partial charge in [0.1, 0.15) is 0 Å². The molecule has 0 atom stereocenters. The fourth-order valence-electron chi connectivity index (χ4n) is 2.55. The van der Waals surface area contributed by atoms with E-state index in [0.717, 1.165) is 30.8 Å². The topological polar surface area (TPSA) is 58.4 Å². The number of nitrogens with one attached hydrogen (secondary N) is 1. The molecule has 2 aliphatic rings. The Hall–Kier alpha value is -1.39. The lowest BCUT2D eigenvalue weighted by Crippen LogP contribution is -2.60. The average Bonchev–Trinajstić information content (AvgIpc) is 2.30. The van der Waals surface area contributed by atoms with Crippen LogP contribution in [0.5, 0.6) is 0 Å². The maximum Gasteiger partial charge on any atom is 0.227 e. The molecule has 1 fully saturated rings. The first-order chi connectivity index (χ1) is 8.29. The third-order valence-electron chi connectivity index (χ3n) is 3.64. The van der Waals surface area contributed by atoms with Gasteiger partial charge in [-0.2, -0.15) is 0 Å². The molecule has 1 aromatic carbocycles. The lowest BCUT2D eigenvalue weighted by Gasteiger charge is -2.41. The minimum atomic E-state index is 0.254. The van der Waals surface area contributed by atoms with Crippen LogP contribution in [0.4, 0.5) is 5.69 Å². The number of carbonyl (C=O) groups excluding carboxylic acids is 1. The van der Waals surface area contributed by atoms with Crippen LogP contribution >= 0.6 is 0 Å². The number of rotatable bonds is 2. The summed E-state index contributed by atoms with van der Waals surface area (Å²) in [6.45, 7) is 2.37. The number of fused-ring (bicyclic) bond motifs is 1. The molecular weight excluding hydrogens is 214 g/mol. The standard InChI is InChI=1S/C13H17N3O/c14-6-9-1-3-12-10(5-9)2-4-13(17)16(12)11-7-15-8-11/h1,3,5,11,15H,2,4,6-8,14H2. The highest BCUT2D eigenvalue weighted by molar-refractivity contribution is 5.97. The number of hydrogen-bond donors (Lipinski definition) is 2. The summed E-state index contributed by atoms with van der Waals surface area (Å²) < 4.78 is 0. The Labute approximate surface area is 101 Å². The molecule has 4 heteroatoms. The molecule has 90 valence electrons. The Kier molecular flexibility index (Phi) is 2.61. The minimum absolute atomic E-state index is 0.254. The molecule has 0 bridgehead atoms. The molecule has 3 rings (SSSR count). The Balaban J connectivity index is 1.98. The van der Waals surface area contributed by atoms with Gasteiger partial charge in [0.05, 0.1) is 6.04 Å². The molecule has 0 unspecified atom stereocenters. The van der Waals surface area contributed by atoms with Crippen molar-refractivity contribution in [3.05, 3.63) is 29.3 Å². The molecule has 2 heterocycles. The molecule has 0 saturated carbocycles. The number of benzene rings is 1. The Morgan fingerprint density at radius 3 is 2.82 bits per heavy atom. The van der Waals surface area contributed by atoms with Gasteiger partial charge in [-0.25, -0.2) is 0 Å². The van der Waals surface area contributed by atoms with Crippen molar-refractivity contribution in [2.45, 2.75) is 25.4 Å². The second kappa shape index (κ2) is 4.13. The van der Waals surface area contributed by atoms with E-state index in [9.17, 15) is 4.79 Å². The lowest BCUT2D eigenvalue weighted by atomic mass is 9.96. The van der Waals surface area contributed by atoms with Crippen molar-refractivity contribution in [3.8, 4) is 0 Å². The van der Waals surface area contributed by atoms with Crippen LogP contribution in [0.1, 0.15) is 17.5 Å². The van der Waals surface area contributed by atoms with Crippen molar-refractivity contribution in [3.63, 3.8) is 0 Å². The quantitative estimate of drug-likeness (QED) is 0.774. The van der Waals surface area contributed by atoms with E-state index < -0.39 is 0 Å². The lowest BCUT2D eigenvalue weighted by molar-refractivity contribution is -0.119. The molecule has 0 radical (unpaired) electrons. The van der Waals surface area contributed by atoms with E-state index in [0.29, 0.717) is 19.0 Å². The molecule has 1 aromatic rings. The predicted molar refractivity (Wildman–Crippen MR) is 66.8 cm³/mol. The SMILES string of the molecule is NCc1ccc2c(c1)CCC(=O)N2C1CNC1. The van der Waals surface area contributed by atoms with Gasteiger partial charge in [0.15, 0.2) is 0 Å². The molecule has 17 heavy (non-hydrogen) atoms. The molecule has 1 amide bonds. The predicted octanol–water partition coefficient (Wildman–Crippen LogP) is 0.396. The van der Waals surface area contributed by atoms with Gasteiger partial charge in [-0.1, -0.05) is 12.1 Å². The highest BCUT2D eigenvalue weighted by Gasteiger charge is 2.33. The second-order valence-corrected chi connectivity index (χ2v) is 4.74. The number of carbonyl (C=O) groups is 1. The molecule has 4 nitrogen and oxygen atoms in total. The molecule has 1 saturated heterocycles. The average molecular weight is 231 g/mol. The molecular formula is C13H17N3O. The zero-order chi connectivity index (χ0) is 11.8. The van der Waals surface area contributed by atoms with Crippen LogP contribution < -0.4 is 16.0 Å². The number of aryl methyl sites for hydroxylation is 1. The Morgan fingerprint density at radius 2 is 2.18 bits per heavy atom. The fraction of sp³-hybridized carbons (Fsp3) is 0.462. The summed E-state index contributed by atoms with van der Waals surface area (Å²) in [5, 5.41) is 3.22. The van der Waals surface area contributed by atoms with Gasteiger partial charge < -0.3 is 16.0 Å². The number of anilines is 1. The minimum Gasteiger partial charge on any atom is -0.326 e. The summed E-state index contributed by atoms with van der Waals surface area (Å²) in [4.78, 5) is 14.0. The van der Waals surface area contributed by atoms with Crippen LogP contribution in [-0.2, 0) is 17.8 Å². The summed E-state index contributed by atoms with van der Waals surface area (Å²) in [7, 11) is 0. The van der Waals surface area contributed by atoms with E-state index in [1.165, 1.54) is 5.56 Å². The van der Waals surface area contributed by atoms with E-state index in [1.807, 2.05) is 17.0 Å². The van der Waals surface area contributed by atoms with Crippen LogP contribution in [0.25, 0.3) is 0 Å². The summed E-state index contributed by atoms with van der Waals surface area (Å²) >= 11 is 0. The molecule has 0 aromatic heterocycles. The van der Waals surface area contributed by atoms with E-state index >= 15 is 0 Å². The van der Waals surface area contributed by atoms with E-state index in [4.69, 9.17) is 5.73 Å². The summed E-state index contributed by atoms with van der Waals surface area (Å²) in [6.07, 6.45) is 1.47. The van der Waals surface area contributed by atoms with Crippen LogP contribution in [0.15, 0.2) is 18.2 Å². The van der Waals surface area contributed by atoms with Crippen LogP contribution in [-0.4, -0.2) is 25.0 Å². The largest absolute Gasteiger partial charge is 0.326 e. The third kappa shape index (κ3) is 1.73. The molecule has 0 spiro atoms. The van der Waals surface area contributed by atoms with Crippen LogP contribution in [0.2, 0.25) is 0 Å². The highest BCUT2D eigenvalue weighted by atomic mass is 16.2. The number of hydrogen-bond acceptors (Lipinski definition) is 3. The van der Waals surface area contributed by atoms with Crippen molar-refractivity contribution in [2.75, 3.05) is 18.0 Å². The van der Waals surface area contributed by atoms with E-state index in [2.05, 4.69) is 11.4 Å². The molecule has 0 aliphatic carbocycles. The van der Waals surface area contributed by atoms with Gasteiger partial charge in [-0.3, -0.25) is 4.79 Å². The number of amides is 1. The van der Waals surface area contributed by atoms with Crippen LogP contribution in [0, 0.1) is 0 Å². The fourth-order valence-corrected chi connectivity index (χ4v) is 2.55. The maximum absolute atomic E-state index is 12.0. The second-order valence-electron chi connectivity index (χ2n) is 4.74. The highest BCUT2D eigenvalue weighted by Crippen LogP contribution is 2.31. The summed E-state index contributed by atoms with van der Waals surface area (Å²) in [5.74, 6) is 0.254. The van der Waals surface area contributed by atoms with Gasteiger partial charge in [0.25, 0.3) is 0 Å². The van der Waals surface area contributed by atoms with Gasteiger partial charge in [0.2, 0.25) is 5.91 Å². The monoisotopic (exact) mass is 231 g/mol. The number of nitrogens with zero attached hydrogens (tertiary/aromatic N) is 1. The first-order valence-corrected chi connectivity index (χ1v) is 6.14. The first-order valence-electron chi connectivity index (χ1n) is 6.14. The zero-order valence-corrected chi connectivity index (χ0v) is 9.78. The molecule has 3 N–H and O–H groups in total. The van der Waals surface area contributed by atoms with Crippen LogP contribution in [0.3, 0.4) is 0 Å². The number of nitrogens with two attached hydrogens (primary N) is 1.